The number of halogens is 1. The van der Waals surface area contributed by atoms with Gasteiger partial charge in [0.05, 0.1) is 13.1 Å². The largest absolute Gasteiger partial charge is 0.480 e. The number of nitrogens with zero attached hydrogens (tertiary/aromatic N) is 1. The molecule has 1 aliphatic rings. The van der Waals surface area contributed by atoms with Crippen molar-refractivity contribution < 1.29 is 19.5 Å². The smallest absolute Gasteiger partial charge is 0.320 e. The summed E-state index contributed by atoms with van der Waals surface area (Å²) in [5.41, 5.74) is 3.83. The summed E-state index contributed by atoms with van der Waals surface area (Å²) in [6.45, 7) is 6.28. The van der Waals surface area contributed by atoms with Gasteiger partial charge in [0.1, 0.15) is 6.04 Å². The Labute approximate surface area is 165 Å². The zero-order chi connectivity index (χ0) is 19.3. The first-order valence-corrected chi connectivity index (χ1v) is 8.89. The van der Waals surface area contributed by atoms with Crippen molar-refractivity contribution in [2.75, 3.05) is 25.0 Å². The molecule has 2 rings (SSSR count). The van der Waals surface area contributed by atoms with Crippen LogP contribution in [0.15, 0.2) is 12.1 Å². The van der Waals surface area contributed by atoms with E-state index in [2.05, 4.69) is 10.6 Å². The first kappa shape index (κ1) is 22.9. The number of anilines is 1. The van der Waals surface area contributed by atoms with Crippen molar-refractivity contribution in [1.29, 1.82) is 0 Å². The van der Waals surface area contributed by atoms with Crippen LogP contribution in [0.4, 0.5) is 5.69 Å². The fourth-order valence-corrected chi connectivity index (χ4v) is 3.44. The molecule has 8 heteroatoms. The molecule has 1 aromatic carbocycles. The minimum Gasteiger partial charge on any atom is -0.480 e. The van der Waals surface area contributed by atoms with Crippen LogP contribution in [0.5, 0.6) is 0 Å². The number of aliphatic carboxylic acids is 1. The Morgan fingerprint density at radius 1 is 1.11 bits per heavy atom. The van der Waals surface area contributed by atoms with Crippen LogP contribution in [-0.4, -0.2) is 53.5 Å². The van der Waals surface area contributed by atoms with Gasteiger partial charge in [0.15, 0.2) is 0 Å². The van der Waals surface area contributed by atoms with Crippen LogP contribution in [-0.2, 0) is 14.4 Å². The monoisotopic (exact) mass is 397 g/mol. The van der Waals surface area contributed by atoms with Gasteiger partial charge in [-0.3, -0.25) is 19.3 Å². The van der Waals surface area contributed by atoms with E-state index in [1.165, 1.54) is 0 Å². The molecular formula is C19H28ClN3O4. The third-order valence-corrected chi connectivity index (χ3v) is 4.63. The van der Waals surface area contributed by atoms with Gasteiger partial charge in [-0.2, -0.15) is 0 Å². The standard InChI is InChI=1S/C19H27N3O4.ClH/c1-12-8-13(2)18(14(3)9-12)21-16(23)10-20-17(24)11-22-7-5-4-6-15(22)19(25)26;/h8-9,15H,4-7,10-11H2,1-3H3,(H,20,24)(H,21,23)(H,25,26);1H. The van der Waals surface area contributed by atoms with Crippen molar-refractivity contribution in [2.45, 2.75) is 46.1 Å². The molecule has 1 aromatic rings. The lowest BCUT2D eigenvalue weighted by Gasteiger charge is -2.32. The Morgan fingerprint density at radius 2 is 1.74 bits per heavy atom. The molecule has 1 saturated heterocycles. The molecule has 1 fully saturated rings. The molecule has 7 nitrogen and oxygen atoms in total. The van der Waals surface area contributed by atoms with Crippen LogP contribution in [0.25, 0.3) is 0 Å². The van der Waals surface area contributed by atoms with Crippen LogP contribution in [0.1, 0.15) is 36.0 Å². The third-order valence-electron chi connectivity index (χ3n) is 4.63. The van der Waals surface area contributed by atoms with Gasteiger partial charge in [-0.1, -0.05) is 24.1 Å². The Hall–Kier alpha value is -2.12. The second kappa shape index (κ2) is 10.3. The number of amides is 2. The van der Waals surface area contributed by atoms with Gasteiger partial charge < -0.3 is 15.7 Å². The molecule has 0 spiro atoms. The summed E-state index contributed by atoms with van der Waals surface area (Å²) in [6.07, 6.45) is 2.28. The molecule has 1 heterocycles. The first-order valence-electron chi connectivity index (χ1n) is 8.89. The lowest BCUT2D eigenvalue weighted by Crippen LogP contribution is -2.49. The lowest BCUT2D eigenvalue weighted by molar-refractivity contribution is -0.145. The molecule has 0 aromatic heterocycles. The maximum Gasteiger partial charge on any atom is 0.320 e. The summed E-state index contributed by atoms with van der Waals surface area (Å²) in [5.74, 6) is -1.55. The lowest BCUT2D eigenvalue weighted by atomic mass is 10.0. The summed E-state index contributed by atoms with van der Waals surface area (Å²) < 4.78 is 0. The van der Waals surface area contributed by atoms with Gasteiger partial charge in [-0.05, 0) is 51.3 Å². The fraction of sp³-hybridized carbons (Fsp3) is 0.526. The molecule has 1 atom stereocenters. The number of likely N-dealkylation sites (tertiary alicyclic amines) is 1. The molecule has 27 heavy (non-hydrogen) atoms. The summed E-state index contributed by atoms with van der Waals surface area (Å²) >= 11 is 0. The quantitative estimate of drug-likeness (QED) is 0.682. The van der Waals surface area contributed by atoms with Gasteiger partial charge in [0, 0.05) is 5.69 Å². The van der Waals surface area contributed by atoms with Crippen molar-refractivity contribution in [2.24, 2.45) is 0 Å². The number of benzene rings is 1. The normalized spacial score (nSPS) is 16.9. The SMILES string of the molecule is Cc1cc(C)c(NC(=O)CNC(=O)CN2CCCCC2C(=O)O)c(C)c1.Cl. The maximum absolute atomic E-state index is 12.1. The van der Waals surface area contributed by atoms with Crippen molar-refractivity contribution in [3.63, 3.8) is 0 Å². The summed E-state index contributed by atoms with van der Waals surface area (Å²) in [4.78, 5) is 37.2. The van der Waals surface area contributed by atoms with Gasteiger partial charge in [-0.25, -0.2) is 0 Å². The molecule has 0 radical (unpaired) electrons. The van der Waals surface area contributed by atoms with Crippen molar-refractivity contribution in [3.05, 3.63) is 28.8 Å². The topological polar surface area (TPSA) is 98.7 Å². The number of hydrogen-bond acceptors (Lipinski definition) is 4. The first-order chi connectivity index (χ1) is 12.3. The van der Waals surface area contributed by atoms with Crippen molar-refractivity contribution in [1.82, 2.24) is 10.2 Å². The van der Waals surface area contributed by atoms with Crippen LogP contribution in [0, 0.1) is 20.8 Å². The highest BCUT2D eigenvalue weighted by atomic mass is 35.5. The van der Waals surface area contributed by atoms with Gasteiger partial charge >= 0.3 is 5.97 Å². The minimum absolute atomic E-state index is 0. The zero-order valence-electron chi connectivity index (χ0n) is 16.0. The molecule has 0 saturated carbocycles. The molecule has 3 N–H and O–H groups in total. The second-order valence-electron chi connectivity index (χ2n) is 6.92. The van der Waals surface area contributed by atoms with E-state index in [0.29, 0.717) is 13.0 Å². The number of hydrogen-bond donors (Lipinski definition) is 3. The predicted molar refractivity (Wildman–Crippen MR) is 106 cm³/mol. The van der Waals surface area contributed by atoms with Gasteiger partial charge in [0.2, 0.25) is 11.8 Å². The number of carbonyl (C=O) groups is 3. The Kier molecular flexibility index (Phi) is 8.72. The number of nitrogens with one attached hydrogen (secondary N) is 2. The highest BCUT2D eigenvalue weighted by Crippen LogP contribution is 2.21. The third kappa shape index (κ3) is 6.52. The minimum atomic E-state index is -0.902. The average Bonchev–Trinajstić information content (AvgIpc) is 2.56. The Balaban J connectivity index is 0.00000364. The second-order valence-corrected chi connectivity index (χ2v) is 6.92. The predicted octanol–water partition coefficient (Wildman–Crippen LogP) is 2.03. The van der Waals surface area contributed by atoms with E-state index < -0.39 is 12.0 Å². The number of carbonyl (C=O) groups excluding carboxylic acids is 2. The van der Waals surface area contributed by atoms with Crippen molar-refractivity contribution in [3.8, 4) is 0 Å². The van der Waals surface area contributed by atoms with Crippen LogP contribution in [0.2, 0.25) is 0 Å². The number of aryl methyl sites for hydroxylation is 3. The molecule has 150 valence electrons. The molecule has 0 bridgehead atoms. The number of rotatable bonds is 6. The van der Waals surface area contributed by atoms with E-state index >= 15 is 0 Å². The van der Waals surface area contributed by atoms with Crippen molar-refractivity contribution >= 4 is 35.9 Å². The van der Waals surface area contributed by atoms with Crippen LogP contribution >= 0.6 is 12.4 Å². The van der Waals surface area contributed by atoms with E-state index in [0.717, 1.165) is 35.2 Å². The fourth-order valence-electron chi connectivity index (χ4n) is 3.44. The van der Waals surface area contributed by atoms with Crippen LogP contribution < -0.4 is 10.6 Å². The Morgan fingerprint density at radius 3 is 2.33 bits per heavy atom. The van der Waals surface area contributed by atoms with E-state index in [4.69, 9.17) is 0 Å². The van der Waals surface area contributed by atoms with E-state index in [1.54, 1.807) is 4.90 Å². The van der Waals surface area contributed by atoms with Gasteiger partial charge in [0.25, 0.3) is 0 Å². The highest BCUT2D eigenvalue weighted by molar-refractivity contribution is 5.96. The zero-order valence-corrected chi connectivity index (χ0v) is 16.8. The van der Waals surface area contributed by atoms with E-state index in [9.17, 15) is 19.5 Å². The maximum atomic E-state index is 12.1. The van der Waals surface area contributed by atoms with E-state index in [-0.39, 0.29) is 37.3 Å². The van der Waals surface area contributed by atoms with Gasteiger partial charge in [-0.15, -0.1) is 12.4 Å². The number of carboxylic acids is 1. The summed E-state index contributed by atoms with van der Waals surface area (Å²) in [7, 11) is 0. The average molecular weight is 398 g/mol. The summed E-state index contributed by atoms with van der Waals surface area (Å²) in [5, 5.41) is 14.6. The van der Waals surface area contributed by atoms with Crippen LogP contribution in [0.3, 0.4) is 0 Å². The molecule has 2 amide bonds. The molecule has 1 aliphatic heterocycles. The molecule has 0 aliphatic carbocycles. The number of carboxylic acid groups (broad SMARTS) is 1. The highest BCUT2D eigenvalue weighted by Gasteiger charge is 2.29. The molecule has 1 unspecified atom stereocenters. The Bertz CT molecular complexity index is 685. The summed E-state index contributed by atoms with van der Waals surface area (Å²) in [6, 6.07) is 3.36. The number of piperidine rings is 1. The molecular weight excluding hydrogens is 370 g/mol. The van der Waals surface area contributed by atoms with E-state index in [1.807, 2.05) is 32.9 Å².